The molecule has 2 heterocycles. The Balaban J connectivity index is 1.54. The van der Waals surface area contributed by atoms with Crippen molar-refractivity contribution in [3.8, 4) is 11.5 Å². The average molecular weight is 589 g/mol. The largest absolute Gasteiger partial charge is 0.493 e. The number of ether oxygens (including phenoxy) is 4. The first-order valence-electron chi connectivity index (χ1n) is 13.7. The van der Waals surface area contributed by atoms with Crippen LogP contribution in [0, 0.1) is 0 Å². The molecule has 0 saturated carbocycles. The Morgan fingerprint density at radius 2 is 1.76 bits per heavy atom. The summed E-state index contributed by atoms with van der Waals surface area (Å²) in [7, 11) is 1.48. The fourth-order valence-electron chi connectivity index (χ4n) is 5.15. The number of fused-ring (bicyclic) bond motifs is 2. The first-order chi connectivity index (χ1) is 20.4. The van der Waals surface area contributed by atoms with Gasteiger partial charge in [0.05, 0.1) is 36.8 Å². The molecular weight excluding hydrogens is 556 g/mol. The number of hydrogen-bond acceptors (Lipinski definition) is 9. The van der Waals surface area contributed by atoms with E-state index in [9.17, 15) is 14.4 Å². The van der Waals surface area contributed by atoms with Crippen LogP contribution in [0.25, 0.3) is 16.8 Å². The molecule has 2 atom stereocenters. The molecule has 3 aromatic carbocycles. The first-order valence-corrected chi connectivity index (χ1v) is 14.5. The standard InChI is InChI=1S/C32H32N2O7S/c1-5-39-27(35)18-41-24-15-14-22(16-25(24)38-4)29-28(31(37)40-6-2)19(3)33-32-34(29)30(36)26(42-32)17-21-12-9-11-20-10-7-8-13-23(20)21/h7-17,29,32-33H,5-6,18H2,1-4H3. The van der Waals surface area contributed by atoms with Crippen molar-refractivity contribution < 1.29 is 33.3 Å². The van der Waals surface area contributed by atoms with Crippen molar-refractivity contribution >= 4 is 46.5 Å². The van der Waals surface area contributed by atoms with Gasteiger partial charge in [-0.3, -0.25) is 9.69 Å². The molecule has 1 amide bonds. The van der Waals surface area contributed by atoms with Gasteiger partial charge in [-0.05, 0) is 60.9 Å². The molecule has 0 bridgehead atoms. The predicted octanol–water partition coefficient (Wildman–Crippen LogP) is 5.17. The van der Waals surface area contributed by atoms with E-state index in [0.717, 1.165) is 16.3 Å². The lowest BCUT2D eigenvalue weighted by atomic mass is 9.93. The molecule has 0 aromatic heterocycles. The van der Waals surface area contributed by atoms with Crippen molar-refractivity contribution in [3.05, 3.63) is 88.0 Å². The lowest BCUT2D eigenvalue weighted by Gasteiger charge is -2.39. The van der Waals surface area contributed by atoms with E-state index in [4.69, 9.17) is 18.9 Å². The molecule has 218 valence electrons. The summed E-state index contributed by atoms with van der Waals surface area (Å²) in [5.74, 6) is -0.559. The Morgan fingerprint density at radius 1 is 1.00 bits per heavy atom. The van der Waals surface area contributed by atoms with Crippen molar-refractivity contribution in [2.24, 2.45) is 0 Å². The number of benzene rings is 3. The minimum Gasteiger partial charge on any atom is -0.493 e. The van der Waals surface area contributed by atoms with Crippen LogP contribution in [0.15, 0.2) is 76.8 Å². The number of rotatable bonds is 9. The smallest absolute Gasteiger partial charge is 0.344 e. The summed E-state index contributed by atoms with van der Waals surface area (Å²) >= 11 is 1.40. The third-order valence-electron chi connectivity index (χ3n) is 6.99. The molecule has 1 N–H and O–H groups in total. The maximum Gasteiger partial charge on any atom is 0.344 e. The summed E-state index contributed by atoms with van der Waals surface area (Å²) in [6.45, 7) is 5.41. The Kier molecular flexibility index (Phi) is 8.72. The van der Waals surface area contributed by atoms with Gasteiger partial charge in [0, 0.05) is 5.70 Å². The lowest BCUT2D eigenvalue weighted by Crippen LogP contribution is -2.50. The molecule has 1 fully saturated rings. The normalized spacial score (nSPS) is 19.0. The number of nitrogens with one attached hydrogen (secondary N) is 1. The number of hydrogen-bond donors (Lipinski definition) is 1. The number of amides is 1. The van der Waals surface area contributed by atoms with Crippen LogP contribution in [-0.4, -0.2) is 55.2 Å². The van der Waals surface area contributed by atoms with Crippen LogP contribution in [0.1, 0.15) is 37.9 Å². The number of carbonyl (C=O) groups excluding carboxylic acids is 3. The van der Waals surface area contributed by atoms with Crippen LogP contribution in [0.5, 0.6) is 11.5 Å². The molecule has 10 heteroatoms. The Morgan fingerprint density at radius 3 is 2.52 bits per heavy atom. The summed E-state index contributed by atoms with van der Waals surface area (Å²) in [6.07, 6.45) is 1.90. The summed E-state index contributed by atoms with van der Waals surface area (Å²) in [6, 6.07) is 18.4. The van der Waals surface area contributed by atoms with E-state index < -0.39 is 23.5 Å². The monoisotopic (exact) mass is 588 g/mol. The van der Waals surface area contributed by atoms with E-state index in [1.807, 2.05) is 55.5 Å². The quantitative estimate of drug-likeness (QED) is 0.268. The van der Waals surface area contributed by atoms with Crippen molar-refractivity contribution in [1.82, 2.24) is 10.2 Å². The van der Waals surface area contributed by atoms with Crippen LogP contribution in [0.4, 0.5) is 0 Å². The topological polar surface area (TPSA) is 103 Å². The SMILES string of the molecule is CCOC(=O)COc1ccc(C2C(C(=O)OCC)=C(C)NC3SC(=Cc4cccc5ccccc45)C(=O)N32)cc1OC. The average Bonchev–Trinajstić information content (AvgIpc) is 3.29. The summed E-state index contributed by atoms with van der Waals surface area (Å²) in [5.41, 5.74) is 2.06. The van der Waals surface area contributed by atoms with Gasteiger partial charge in [-0.2, -0.15) is 0 Å². The van der Waals surface area contributed by atoms with Crippen molar-refractivity contribution in [2.45, 2.75) is 32.3 Å². The number of esters is 2. The van der Waals surface area contributed by atoms with Crippen LogP contribution in [-0.2, 0) is 23.9 Å². The molecule has 0 spiro atoms. The molecule has 2 unspecified atom stereocenters. The molecule has 2 aliphatic rings. The molecule has 2 aliphatic heterocycles. The lowest BCUT2D eigenvalue weighted by molar-refractivity contribution is -0.145. The highest BCUT2D eigenvalue weighted by molar-refractivity contribution is 8.05. The Labute approximate surface area is 248 Å². The van der Waals surface area contributed by atoms with Gasteiger partial charge in [-0.15, -0.1) is 0 Å². The highest BCUT2D eigenvalue weighted by Gasteiger charge is 2.48. The maximum atomic E-state index is 14.1. The van der Waals surface area contributed by atoms with Gasteiger partial charge in [0.15, 0.2) is 23.6 Å². The summed E-state index contributed by atoms with van der Waals surface area (Å²) < 4.78 is 21.6. The zero-order chi connectivity index (χ0) is 29.8. The number of nitrogens with zero attached hydrogens (tertiary/aromatic N) is 1. The minimum absolute atomic E-state index is 0.185. The number of carbonyl (C=O) groups is 3. The summed E-state index contributed by atoms with van der Waals surface area (Å²) in [4.78, 5) is 41.4. The summed E-state index contributed by atoms with van der Waals surface area (Å²) in [5, 5.41) is 5.45. The van der Waals surface area contributed by atoms with E-state index in [1.165, 1.54) is 18.9 Å². The van der Waals surface area contributed by atoms with Gasteiger partial charge >= 0.3 is 11.9 Å². The van der Waals surface area contributed by atoms with Crippen LogP contribution in [0.2, 0.25) is 0 Å². The highest BCUT2D eigenvalue weighted by atomic mass is 32.2. The second-order valence-electron chi connectivity index (χ2n) is 9.57. The first kappa shape index (κ1) is 29.1. The predicted molar refractivity (Wildman–Crippen MR) is 160 cm³/mol. The van der Waals surface area contributed by atoms with Crippen molar-refractivity contribution in [3.63, 3.8) is 0 Å². The molecule has 0 radical (unpaired) electrons. The number of thioether (sulfide) groups is 1. The second-order valence-corrected chi connectivity index (χ2v) is 10.7. The van der Waals surface area contributed by atoms with E-state index in [0.29, 0.717) is 33.2 Å². The zero-order valence-electron chi connectivity index (χ0n) is 23.8. The van der Waals surface area contributed by atoms with Gasteiger partial charge < -0.3 is 24.3 Å². The van der Waals surface area contributed by atoms with Crippen LogP contribution >= 0.6 is 11.8 Å². The zero-order valence-corrected chi connectivity index (χ0v) is 24.7. The van der Waals surface area contributed by atoms with Gasteiger partial charge in [0.2, 0.25) is 0 Å². The van der Waals surface area contributed by atoms with E-state index in [-0.39, 0.29) is 25.7 Å². The maximum absolute atomic E-state index is 14.1. The molecule has 0 aliphatic carbocycles. The molecule has 5 rings (SSSR count). The van der Waals surface area contributed by atoms with Gasteiger partial charge in [0.25, 0.3) is 5.91 Å². The fourth-order valence-corrected chi connectivity index (χ4v) is 6.36. The molecule has 42 heavy (non-hydrogen) atoms. The molecule has 1 saturated heterocycles. The van der Waals surface area contributed by atoms with E-state index in [1.54, 1.807) is 36.9 Å². The van der Waals surface area contributed by atoms with Crippen LogP contribution < -0.4 is 14.8 Å². The molecular formula is C32H32N2O7S. The van der Waals surface area contributed by atoms with Crippen LogP contribution in [0.3, 0.4) is 0 Å². The Bertz CT molecular complexity index is 1590. The van der Waals surface area contributed by atoms with Gasteiger partial charge in [-0.1, -0.05) is 60.3 Å². The number of methoxy groups -OCH3 is 1. The molecule has 3 aromatic rings. The van der Waals surface area contributed by atoms with Gasteiger partial charge in [0.1, 0.15) is 0 Å². The Hall–Kier alpha value is -4.44. The third-order valence-corrected chi connectivity index (χ3v) is 8.11. The minimum atomic E-state index is -0.762. The molecule has 9 nitrogen and oxygen atoms in total. The highest BCUT2D eigenvalue weighted by Crippen LogP contribution is 2.47. The fraction of sp³-hybridized carbons (Fsp3) is 0.281. The van der Waals surface area contributed by atoms with E-state index in [2.05, 4.69) is 5.32 Å². The number of allylic oxidation sites excluding steroid dienone is 1. The van der Waals surface area contributed by atoms with Crippen molar-refractivity contribution in [1.29, 1.82) is 0 Å². The van der Waals surface area contributed by atoms with Crippen molar-refractivity contribution in [2.75, 3.05) is 26.9 Å². The second kappa shape index (κ2) is 12.6. The third kappa shape index (κ3) is 5.67. The van der Waals surface area contributed by atoms with Gasteiger partial charge in [-0.25, -0.2) is 9.59 Å². The van der Waals surface area contributed by atoms with E-state index >= 15 is 0 Å².